The second-order valence-corrected chi connectivity index (χ2v) is 18.8. The molecule has 0 bridgehead atoms. The molecule has 0 saturated carbocycles. The lowest BCUT2D eigenvalue weighted by atomic mass is 10.0. The summed E-state index contributed by atoms with van der Waals surface area (Å²) in [5, 5.41) is 0. The van der Waals surface area contributed by atoms with Crippen molar-refractivity contribution in [2.45, 2.75) is 297 Å². The van der Waals surface area contributed by atoms with Crippen molar-refractivity contribution in [3.05, 3.63) is 48.6 Å². The molecule has 6 heteroatoms. The first-order valence-electron chi connectivity index (χ1n) is 28.1. The van der Waals surface area contributed by atoms with Crippen LogP contribution in [0.2, 0.25) is 0 Å². The Kier molecular flexibility index (Phi) is 51.8. The standard InChI is InChI=1S/C59H106O6/c1-4-7-10-13-16-19-22-25-27-29-31-34-37-40-43-46-49-52-58(61)64-55-56(54-63-57(60)51-48-45-42-39-36-33-24-21-18-15-12-9-6-3)65-59(62)53-50-47-44-41-38-35-32-30-28-26-23-20-17-14-11-8-5-2/h16,19,21,24-25,27,31,34,56H,4-15,17-18,20,22-23,26,28-30,32-33,35-55H2,1-3H3/b19-16-,24-21-,27-25-,34-31-/t56-/m0/s1. The van der Waals surface area contributed by atoms with Crippen LogP contribution in [-0.2, 0) is 28.6 Å². The third kappa shape index (κ3) is 52.2. The normalized spacial score (nSPS) is 12.4. The van der Waals surface area contributed by atoms with Gasteiger partial charge in [-0.1, -0.05) is 236 Å². The Morgan fingerprint density at radius 1 is 0.308 bits per heavy atom. The zero-order valence-corrected chi connectivity index (χ0v) is 43.3. The van der Waals surface area contributed by atoms with Gasteiger partial charge in [-0.2, -0.15) is 0 Å². The number of allylic oxidation sites excluding steroid dienone is 8. The first-order chi connectivity index (χ1) is 32.0. The highest BCUT2D eigenvalue weighted by Crippen LogP contribution is 2.16. The number of esters is 3. The number of ether oxygens (including phenoxy) is 3. The van der Waals surface area contributed by atoms with Gasteiger partial charge in [-0.05, 0) is 83.5 Å². The van der Waals surface area contributed by atoms with E-state index in [1.165, 1.54) is 161 Å². The van der Waals surface area contributed by atoms with Crippen molar-refractivity contribution in [3.8, 4) is 0 Å². The number of carbonyl (C=O) groups excluding carboxylic acids is 3. The molecule has 0 aliphatic heterocycles. The van der Waals surface area contributed by atoms with Gasteiger partial charge in [0.15, 0.2) is 6.10 Å². The molecule has 378 valence electrons. The van der Waals surface area contributed by atoms with Crippen molar-refractivity contribution < 1.29 is 28.6 Å². The average Bonchev–Trinajstić information content (AvgIpc) is 3.30. The van der Waals surface area contributed by atoms with Gasteiger partial charge in [0.05, 0.1) is 0 Å². The van der Waals surface area contributed by atoms with Crippen LogP contribution in [0.25, 0.3) is 0 Å². The van der Waals surface area contributed by atoms with E-state index in [0.29, 0.717) is 19.3 Å². The zero-order valence-electron chi connectivity index (χ0n) is 43.3. The molecule has 0 aliphatic rings. The molecule has 0 amide bonds. The van der Waals surface area contributed by atoms with E-state index >= 15 is 0 Å². The number of hydrogen-bond donors (Lipinski definition) is 0. The van der Waals surface area contributed by atoms with Crippen LogP contribution < -0.4 is 0 Å². The van der Waals surface area contributed by atoms with Crippen LogP contribution in [0.15, 0.2) is 48.6 Å². The Balaban J connectivity index is 4.39. The highest BCUT2D eigenvalue weighted by atomic mass is 16.6. The minimum atomic E-state index is -0.783. The lowest BCUT2D eigenvalue weighted by molar-refractivity contribution is -0.167. The Labute approximate surface area is 403 Å². The maximum Gasteiger partial charge on any atom is 0.306 e. The molecule has 0 N–H and O–H groups in total. The third-order valence-electron chi connectivity index (χ3n) is 12.3. The second kappa shape index (κ2) is 54.0. The molecule has 0 aromatic carbocycles. The van der Waals surface area contributed by atoms with Gasteiger partial charge in [-0.25, -0.2) is 0 Å². The van der Waals surface area contributed by atoms with Crippen molar-refractivity contribution in [2.24, 2.45) is 0 Å². The fourth-order valence-electron chi connectivity index (χ4n) is 8.03. The number of carbonyl (C=O) groups is 3. The topological polar surface area (TPSA) is 78.9 Å². The predicted molar refractivity (Wildman–Crippen MR) is 279 cm³/mol. The largest absolute Gasteiger partial charge is 0.462 e. The van der Waals surface area contributed by atoms with E-state index in [1.807, 2.05) is 0 Å². The van der Waals surface area contributed by atoms with E-state index in [9.17, 15) is 14.4 Å². The number of unbranched alkanes of at least 4 members (excludes halogenated alkanes) is 32. The fourth-order valence-corrected chi connectivity index (χ4v) is 8.03. The van der Waals surface area contributed by atoms with Crippen molar-refractivity contribution >= 4 is 17.9 Å². The Morgan fingerprint density at radius 2 is 0.554 bits per heavy atom. The molecule has 0 spiro atoms. The van der Waals surface area contributed by atoms with E-state index in [-0.39, 0.29) is 31.1 Å². The minimum Gasteiger partial charge on any atom is -0.462 e. The molecule has 0 heterocycles. The minimum absolute atomic E-state index is 0.0822. The summed E-state index contributed by atoms with van der Waals surface area (Å²) >= 11 is 0. The van der Waals surface area contributed by atoms with E-state index in [0.717, 1.165) is 89.9 Å². The van der Waals surface area contributed by atoms with E-state index in [2.05, 4.69) is 69.4 Å². The van der Waals surface area contributed by atoms with Gasteiger partial charge < -0.3 is 14.2 Å². The monoisotopic (exact) mass is 911 g/mol. The van der Waals surface area contributed by atoms with Crippen LogP contribution in [0.4, 0.5) is 0 Å². The fraction of sp³-hybridized carbons (Fsp3) is 0.814. The van der Waals surface area contributed by atoms with Crippen LogP contribution in [0.5, 0.6) is 0 Å². The van der Waals surface area contributed by atoms with Crippen LogP contribution >= 0.6 is 0 Å². The van der Waals surface area contributed by atoms with Crippen molar-refractivity contribution in [1.29, 1.82) is 0 Å². The molecule has 0 unspecified atom stereocenters. The molecule has 0 radical (unpaired) electrons. The van der Waals surface area contributed by atoms with E-state index < -0.39 is 6.10 Å². The zero-order chi connectivity index (χ0) is 47.2. The van der Waals surface area contributed by atoms with Gasteiger partial charge in [-0.3, -0.25) is 14.4 Å². The summed E-state index contributed by atoms with van der Waals surface area (Å²) in [5.74, 6) is -0.899. The predicted octanol–water partition coefficient (Wildman–Crippen LogP) is 18.7. The molecule has 0 saturated heterocycles. The van der Waals surface area contributed by atoms with Gasteiger partial charge in [0, 0.05) is 19.3 Å². The van der Waals surface area contributed by atoms with Crippen molar-refractivity contribution in [3.63, 3.8) is 0 Å². The summed E-state index contributed by atoms with van der Waals surface area (Å²) in [6.45, 7) is 6.60. The third-order valence-corrected chi connectivity index (χ3v) is 12.3. The summed E-state index contributed by atoms with van der Waals surface area (Å²) in [4.78, 5) is 38.1. The molecular formula is C59H106O6. The molecular weight excluding hydrogens is 805 g/mol. The molecule has 65 heavy (non-hydrogen) atoms. The summed E-state index contributed by atoms with van der Waals surface area (Å²) in [6, 6.07) is 0. The van der Waals surface area contributed by atoms with Crippen molar-refractivity contribution in [1.82, 2.24) is 0 Å². The molecule has 0 aromatic heterocycles. The van der Waals surface area contributed by atoms with Crippen LogP contribution in [0.1, 0.15) is 290 Å². The Bertz CT molecular complexity index is 1140. The van der Waals surface area contributed by atoms with E-state index in [1.54, 1.807) is 0 Å². The number of hydrogen-bond acceptors (Lipinski definition) is 6. The van der Waals surface area contributed by atoms with Crippen molar-refractivity contribution in [2.75, 3.05) is 13.2 Å². The quantitative estimate of drug-likeness (QED) is 0.0262. The average molecular weight is 911 g/mol. The van der Waals surface area contributed by atoms with Crippen LogP contribution in [0, 0.1) is 0 Å². The molecule has 6 nitrogen and oxygen atoms in total. The van der Waals surface area contributed by atoms with Gasteiger partial charge in [0.1, 0.15) is 13.2 Å². The Hall–Kier alpha value is -2.63. The van der Waals surface area contributed by atoms with Crippen LogP contribution in [0.3, 0.4) is 0 Å². The van der Waals surface area contributed by atoms with Gasteiger partial charge >= 0.3 is 17.9 Å². The first kappa shape index (κ1) is 62.4. The van der Waals surface area contributed by atoms with Crippen LogP contribution in [-0.4, -0.2) is 37.2 Å². The number of rotatable bonds is 51. The molecule has 0 aliphatic carbocycles. The summed E-state index contributed by atoms with van der Waals surface area (Å²) < 4.78 is 16.8. The lowest BCUT2D eigenvalue weighted by Gasteiger charge is -2.18. The molecule has 0 rings (SSSR count). The first-order valence-corrected chi connectivity index (χ1v) is 28.1. The summed E-state index contributed by atoms with van der Waals surface area (Å²) in [6.07, 6.45) is 65.2. The summed E-state index contributed by atoms with van der Waals surface area (Å²) in [5.41, 5.74) is 0. The van der Waals surface area contributed by atoms with Gasteiger partial charge in [-0.15, -0.1) is 0 Å². The molecule has 1 atom stereocenters. The maximum absolute atomic E-state index is 12.8. The van der Waals surface area contributed by atoms with Gasteiger partial charge in [0.2, 0.25) is 0 Å². The van der Waals surface area contributed by atoms with Gasteiger partial charge in [0.25, 0.3) is 0 Å². The molecule has 0 aromatic rings. The Morgan fingerprint density at radius 3 is 0.923 bits per heavy atom. The van der Waals surface area contributed by atoms with E-state index in [4.69, 9.17) is 14.2 Å². The second-order valence-electron chi connectivity index (χ2n) is 18.8. The lowest BCUT2D eigenvalue weighted by Crippen LogP contribution is -2.30. The highest BCUT2D eigenvalue weighted by Gasteiger charge is 2.19. The highest BCUT2D eigenvalue weighted by molar-refractivity contribution is 5.71. The maximum atomic E-state index is 12.8. The SMILES string of the molecule is CCCCC/C=C\C/C=C\C/C=C\CCCCCCC(=O)OC[C@H](COC(=O)CCCCCCC/C=C\CCCCCC)OC(=O)CCCCCCCCCCCCCCCCCCC. The molecule has 0 fully saturated rings. The smallest absolute Gasteiger partial charge is 0.306 e. The summed E-state index contributed by atoms with van der Waals surface area (Å²) in [7, 11) is 0.